The molecule has 27 heavy (non-hydrogen) atoms. The maximum atomic E-state index is 13.1. The van der Waals surface area contributed by atoms with Crippen LogP contribution in [-0.4, -0.2) is 38.3 Å². The number of carboxylic acid groups (broad SMARTS) is 1. The molecule has 4 N–H and O–H groups in total. The first-order valence-corrected chi connectivity index (χ1v) is 8.21. The Morgan fingerprint density at radius 2 is 2.07 bits per heavy atom. The van der Waals surface area contributed by atoms with Crippen LogP contribution < -0.4 is 11.1 Å². The van der Waals surface area contributed by atoms with Crippen molar-refractivity contribution < 1.29 is 19.1 Å². The third kappa shape index (κ3) is 3.67. The van der Waals surface area contributed by atoms with Crippen LogP contribution in [0, 0.1) is 23.1 Å². The van der Waals surface area contributed by atoms with Gasteiger partial charge in [0.05, 0.1) is 12.0 Å². The minimum atomic E-state index is -1.18. The molecule has 1 aromatic carbocycles. The summed E-state index contributed by atoms with van der Waals surface area (Å²) in [6.07, 6.45) is 0.348. The molecule has 0 bridgehead atoms. The lowest BCUT2D eigenvalue weighted by Crippen LogP contribution is -2.44. The number of nitrogens with one attached hydrogen (secondary N) is 1. The number of piperidine rings is 1. The molecule has 1 aromatic heterocycles. The molecule has 0 radical (unpaired) electrons. The summed E-state index contributed by atoms with van der Waals surface area (Å²) >= 11 is 0. The van der Waals surface area contributed by atoms with Crippen LogP contribution in [0.2, 0.25) is 0 Å². The van der Waals surface area contributed by atoms with Crippen molar-refractivity contribution in [3.05, 3.63) is 41.8 Å². The number of aromatic nitrogens is 2. The number of anilines is 2. The third-order valence-corrected chi connectivity index (χ3v) is 4.38. The number of amides is 2. The Morgan fingerprint density at radius 1 is 1.37 bits per heavy atom. The highest BCUT2D eigenvalue weighted by molar-refractivity contribution is 5.98. The highest BCUT2D eigenvalue weighted by Gasteiger charge is 2.37. The van der Waals surface area contributed by atoms with E-state index in [0.29, 0.717) is 18.5 Å². The molecule has 2 amide bonds. The molecular weight excluding hydrogens is 355 g/mol. The van der Waals surface area contributed by atoms with E-state index in [2.05, 4.69) is 16.5 Å². The standard InChI is InChI=1S/C17H17FN6O3/c18-11-3-5-12(6-4-11)21-15-13(14(20)25)9-24(22-15)16-10(8-19)2-1-7-23(16)17(26)27/h3-6,9-10,16H,1-2,7H2,(H2,20,25)(H,21,22)(H,26,27). The van der Waals surface area contributed by atoms with Crippen molar-refractivity contribution in [2.24, 2.45) is 11.7 Å². The largest absolute Gasteiger partial charge is 0.465 e. The summed E-state index contributed by atoms with van der Waals surface area (Å²) in [5.41, 5.74) is 5.92. The Balaban J connectivity index is 2.00. The third-order valence-electron chi connectivity index (χ3n) is 4.38. The van der Waals surface area contributed by atoms with E-state index in [1.807, 2.05) is 0 Å². The molecule has 2 heterocycles. The summed E-state index contributed by atoms with van der Waals surface area (Å²) in [4.78, 5) is 24.5. The Labute approximate surface area is 153 Å². The van der Waals surface area contributed by atoms with Gasteiger partial charge in [0.25, 0.3) is 5.91 Å². The van der Waals surface area contributed by atoms with Crippen LogP contribution in [0.25, 0.3) is 0 Å². The van der Waals surface area contributed by atoms with Crippen molar-refractivity contribution in [3.8, 4) is 6.07 Å². The highest BCUT2D eigenvalue weighted by atomic mass is 19.1. The molecule has 9 nitrogen and oxygen atoms in total. The molecule has 1 aliphatic rings. The van der Waals surface area contributed by atoms with Gasteiger partial charge in [-0.3, -0.25) is 9.69 Å². The fourth-order valence-electron chi connectivity index (χ4n) is 3.12. The Hall–Kier alpha value is -3.61. The van der Waals surface area contributed by atoms with E-state index < -0.39 is 29.9 Å². The van der Waals surface area contributed by atoms with Gasteiger partial charge in [-0.1, -0.05) is 0 Å². The summed E-state index contributed by atoms with van der Waals surface area (Å²) < 4.78 is 14.3. The minimum absolute atomic E-state index is 0.0342. The molecule has 3 rings (SSSR count). The van der Waals surface area contributed by atoms with Crippen molar-refractivity contribution in [1.29, 1.82) is 5.26 Å². The van der Waals surface area contributed by atoms with Gasteiger partial charge in [-0.15, -0.1) is 0 Å². The predicted octanol–water partition coefficient (Wildman–Crippen LogP) is 2.28. The number of carbonyl (C=O) groups excluding carboxylic acids is 1. The summed E-state index contributed by atoms with van der Waals surface area (Å²) in [6, 6.07) is 7.50. The molecule has 1 saturated heterocycles. The van der Waals surface area contributed by atoms with Crippen LogP contribution in [0.4, 0.5) is 20.7 Å². The number of benzene rings is 1. The van der Waals surface area contributed by atoms with Gasteiger partial charge in [0, 0.05) is 18.4 Å². The number of carbonyl (C=O) groups is 2. The van der Waals surface area contributed by atoms with E-state index in [9.17, 15) is 24.3 Å². The molecule has 0 spiro atoms. The Kier molecular flexibility index (Phi) is 4.94. The van der Waals surface area contributed by atoms with Crippen LogP contribution >= 0.6 is 0 Å². The van der Waals surface area contributed by atoms with Crippen molar-refractivity contribution in [2.75, 3.05) is 11.9 Å². The lowest BCUT2D eigenvalue weighted by molar-refractivity contribution is 0.0530. The average Bonchev–Trinajstić information content (AvgIpc) is 3.06. The Bertz CT molecular complexity index is 904. The zero-order valence-electron chi connectivity index (χ0n) is 14.2. The summed E-state index contributed by atoms with van der Waals surface area (Å²) in [5, 5.41) is 26.0. The van der Waals surface area contributed by atoms with Crippen molar-refractivity contribution >= 4 is 23.5 Å². The van der Waals surface area contributed by atoms with Gasteiger partial charge in [-0.25, -0.2) is 13.9 Å². The number of rotatable bonds is 4. The Morgan fingerprint density at radius 3 is 2.67 bits per heavy atom. The molecule has 140 valence electrons. The van der Waals surface area contributed by atoms with Crippen molar-refractivity contribution in [2.45, 2.75) is 19.0 Å². The number of halogens is 1. The summed E-state index contributed by atoms with van der Waals surface area (Å²) in [5.74, 6) is -1.70. The smallest absolute Gasteiger partial charge is 0.409 e. The summed E-state index contributed by atoms with van der Waals surface area (Å²) in [7, 11) is 0. The molecule has 2 atom stereocenters. The number of hydrogen-bond acceptors (Lipinski definition) is 5. The predicted molar refractivity (Wildman–Crippen MR) is 92.5 cm³/mol. The zero-order valence-corrected chi connectivity index (χ0v) is 14.2. The fraction of sp³-hybridized carbons (Fsp3) is 0.294. The van der Waals surface area contributed by atoms with Gasteiger partial charge in [-0.05, 0) is 37.1 Å². The van der Waals surface area contributed by atoms with Crippen LogP contribution in [0.1, 0.15) is 29.4 Å². The number of hydrogen-bond donors (Lipinski definition) is 3. The first kappa shape index (κ1) is 18.2. The van der Waals surface area contributed by atoms with E-state index in [4.69, 9.17) is 5.73 Å². The minimum Gasteiger partial charge on any atom is -0.465 e. The molecule has 0 saturated carbocycles. The number of nitriles is 1. The molecule has 1 fully saturated rings. The molecular formula is C17H17FN6O3. The molecule has 2 aromatic rings. The normalized spacial score (nSPS) is 19.3. The second kappa shape index (κ2) is 7.33. The second-order valence-electron chi connectivity index (χ2n) is 6.13. The first-order chi connectivity index (χ1) is 12.9. The SMILES string of the molecule is N#CC1CCCN(C(=O)O)C1n1cc(C(N)=O)c(Nc2ccc(F)cc2)n1. The maximum Gasteiger partial charge on any atom is 0.409 e. The monoisotopic (exact) mass is 372 g/mol. The number of primary amides is 1. The summed E-state index contributed by atoms with van der Waals surface area (Å²) in [6.45, 7) is 0.255. The first-order valence-electron chi connectivity index (χ1n) is 8.21. The number of likely N-dealkylation sites (tertiary alicyclic amines) is 1. The maximum absolute atomic E-state index is 13.1. The lowest BCUT2D eigenvalue weighted by Gasteiger charge is -2.36. The molecule has 1 aliphatic heterocycles. The van der Waals surface area contributed by atoms with Gasteiger partial charge in [0.2, 0.25) is 0 Å². The quantitative estimate of drug-likeness (QED) is 0.753. The van der Waals surface area contributed by atoms with Crippen LogP contribution in [0.5, 0.6) is 0 Å². The van der Waals surface area contributed by atoms with Gasteiger partial charge in [-0.2, -0.15) is 10.4 Å². The van der Waals surface area contributed by atoms with E-state index in [1.165, 1.54) is 35.1 Å². The van der Waals surface area contributed by atoms with Crippen LogP contribution in [0.15, 0.2) is 30.5 Å². The zero-order chi connectivity index (χ0) is 19.6. The van der Waals surface area contributed by atoms with Gasteiger partial charge >= 0.3 is 6.09 Å². The van der Waals surface area contributed by atoms with Gasteiger partial charge in [0.15, 0.2) is 5.82 Å². The van der Waals surface area contributed by atoms with E-state index in [1.54, 1.807) is 0 Å². The van der Waals surface area contributed by atoms with Crippen LogP contribution in [0.3, 0.4) is 0 Å². The van der Waals surface area contributed by atoms with E-state index in [0.717, 1.165) is 4.90 Å². The second-order valence-corrected chi connectivity index (χ2v) is 6.13. The fourth-order valence-corrected chi connectivity index (χ4v) is 3.12. The lowest BCUT2D eigenvalue weighted by atomic mass is 9.96. The topological polar surface area (TPSA) is 137 Å². The number of nitrogens with zero attached hydrogens (tertiary/aromatic N) is 4. The van der Waals surface area contributed by atoms with Crippen molar-refractivity contribution in [1.82, 2.24) is 14.7 Å². The van der Waals surface area contributed by atoms with E-state index >= 15 is 0 Å². The van der Waals surface area contributed by atoms with Gasteiger partial charge in [0.1, 0.15) is 17.5 Å². The molecule has 10 heteroatoms. The van der Waals surface area contributed by atoms with E-state index in [-0.39, 0.29) is 17.9 Å². The molecule has 2 unspecified atom stereocenters. The molecule has 0 aliphatic carbocycles. The van der Waals surface area contributed by atoms with Crippen LogP contribution in [-0.2, 0) is 0 Å². The average molecular weight is 372 g/mol. The van der Waals surface area contributed by atoms with Crippen molar-refractivity contribution in [3.63, 3.8) is 0 Å². The number of nitrogens with two attached hydrogens (primary N) is 1. The highest BCUT2D eigenvalue weighted by Crippen LogP contribution is 2.33. The van der Waals surface area contributed by atoms with Gasteiger partial charge < -0.3 is 16.2 Å².